The van der Waals surface area contributed by atoms with E-state index in [1.807, 2.05) is 12.3 Å². The van der Waals surface area contributed by atoms with E-state index in [1.54, 1.807) is 0 Å². The second-order valence-electron chi connectivity index (χ2n) is 3.87. The highest BCUT2D eigenvalue weighted by Gasteiger charge is 2.29. The summed E-state index contributed by atoms with van der Waals surface area (Å²) in [5.74, 6) is 1.56. The molecule has 2 nitrogen and oxygen atoms in total. The monoisotopic (exact) mass is 176 g/mol. The third-order valence-corrected chi connectivity index (χ3v) is 2.92. The topological polar surface area (TPSA) is 38.9 Å². The smallest absolute Gasteiger partial charge is 0.0434 e. The van der Waals surface area contributed by atoms with Crippen molar-refractivity contribution in [1.29, 1.82) is 0 Å². The third kappa shape index (κ3) is 1.89. The van der Waals surface area contributed by atoms with Gasteiger partial charge in [0.05, 0.1) is 0 Å². The van der Waals surface area contributed by atoms with Gasteiger partial charge in [0.2, 0.25) is 0 Å². The Labute approximate surface area is 79.2 Å². The van der Waals surface area contributed by atoms with E-state index >= 15 is 0 Å². The van der Waals surface area contributed by atoms with Gasteiger partial charge in [-0.15, -0.1) is 0 Å². The van der Waals surface area contributed by atoms with Crippen LogP contribution in [-0.4, -0.2) is 11.5 Å². The summed E-state index contributed by atoms with van der Waals surface area (Å²) in [6.07, 6.45) is 5.64. The molecule has 1 heterocycles. The van der Waals surface area contributed by atoms with Gasteiger partial charge in [-0.2, -0.15) is 0 Å². The summed E-state index contributed by atoms with van der Waals surface area (Å²) in [6.45, 7) is 0.833. The van der Waals surface area contributed by atoms with Crippen molar-refractivity contribution < 1.29 is 0 Å². The number of rotatable bonds is 3. The molecular formula is C11H16N2. The molecule has 0 unspecified atom stereocenters. The predicted octanol–water partition coefficient (Wildman–Crippen LogP) is 1.92. The molecule has 0 aromatic carbocycles. The fourth-order valence-corrected chi connectivity index (χ4v) is 2.07. The second kappa shape index (κ2) is 3.88. The average Bonchev–Trinajstić information content (AvgIpc) is 2.12. The normalized spacial score (nSPS) is 26.8. The van der Waals surface area contributed by atoms with E-state index in [0.717, 1.165) is 12.5 Å². The molecule has 0 saturated heterocycles. The average molecular weight is 176 g/mol. The predicted molar refractivity (Wildman–Crippen MR) is 53.4 cm³/mol. The molecule has 1 fully saturated rings. The molecule has 0 spiro atoms. The van der Waals surface area contributed by atoms with Crippen molar-refractivity contribution in [3.8, 4) is 0 Å². The van der Waals surface area contributed by atoms with Gasteiger partial charge >= 0.3 is 0 Å². The van der Waals surface area contributed by atoms with Crippen molar-refractivity contribution in [2.24, 2.45) is 11.7 Å². The SMILES string of the molecule is NCCC1CC(c2ccccn2)C1. The molecule has 0 bridgehead atoms. The molecular weight excluding hydrogens is 160 g/mol. The molecule has 2 N–H and O–H groups in total. The van der Waals surface area contributed by atoms with Crippen molar-refractivity contribution in [1.82, 2.24) is 4.98 Å². The van der Waals surface area contributed by atoms with E-state index < -0.39 is 0 Å². The molecule has 70 valence electrons. The lowest BCUT2D eigenvalue weighted by molar-refractivity contribution is 0.247. The zero-order valence-corrected chi connectivity index (χ0v) is 7.82. The summed E-state index contributed by atoms with van der Waals surface area (Å²) in [5.41, 5.74) is 6.77. The molecule has 13 heavy (non-hydrogen) atoms. The maximum Gasteiger partial charge on any atom is 0.0434 e. The van der Waals surface area contributed by atoms with Crippen LogP contribution < -0.4 is 5.73 Å². The van der Waals surface area contributed by atoms with E-state index in [2.05, 4.69) is 17.1 Å². The van der Waals surface area contributed by atoms with Gasteiger partial charge in [-0.1, -0.05) is 6.07 Å². The minimum absolute atomic E-state index is 0.706. The standard InChI is InChI=1S/C11H16N2/c12-5-4-9-7-10(8-9)11-3-1-2-6-13-11/h1-3,6,9-10H,4-5,7-8,12H2. The van der Waals surface area contributed by atoms with Gasteiger partial charge in [-0.3, -0.25) is 4.98 Å². The van der Waals surface area contributed by atoms with E-state index in [-0.39, 0.29) is 0 Å². The number of aromatic nitrogens is 1. The van der Waals surface area contributed by atoms with Gasteiger partial charge < -0.3 is 5.73 Å². The number of nitrogens with zero attached hydrogens (tertiary/aromatic N) is 1. The summed E-state index contributed by atoms with van der Waals surface area (Å²) >= 11 is 0. The van der Waals surface area contributed by atoms with Gasteiger partial charge in [-0.25, -0.2) is 0 Å². The van der Waals surface area contributed by atoms with Gasteiger partial charge in [-0.05, 0) is 43.9 Å². The van der Waals surface area contributed by atoms with Crippen molar-refractivity contribution in [3.63, 3.8) is 0 Å². The maximum atomic E-state index is 5.51. The minimum atomic E-state index is 0.706. The number of hydrogen-bond acceptors (Lipinski definition) is 2. The lowest BCUT2D eigenvalue weighted by Gasteiger charge is -2.34. The molecule has 2 rings (SSSR count). The van der Waals surface area contributed by atoms with E-state index in [0.29, 0.717) is 5.92 Å². The van der Waals surface area contributed by atoms with Gasteiger partial charge in [0.1, 0.15) is 0 Å². The van der Waals surface area contributed by atoms with Crippen LogP contribution in [0.3, 0.4) is 0 Å². The fraction of sp³-hybridized carbons (Fsp3) is 0.545. The van der Waals surface area contributed by atoms with Crippen LogP contribution in [-0.2, 0) is 0 Å². The third-order valence-electron chi connectivity index (χ3n) is 2.92. The highest BCUT2D eigenvalue weighted by Crippen LogP contribution is 2.41. The van der Waals surface area contributed by atoms with Crippen LogP contribution in [0.1, 0.15) is 30.9 Å². The van der Waals surface area contributed by atoms with Crippen LogP contribution in [0.2, 0.25) is 0 Å². The number of nitrogens with two attached hydrogens (primary N) is 1. The number of hydrogen-bond donors (Lipinski definition) is 1. The summed E-state index contributed by atoms with van der Waals surface area (Å²) in [4.78, 5) is 4.36. The first-order chi connectivity index (χ1) is 6.40. The second-order valence-corrected chi connectivity index (χ2v) is 3.87. The summed E-state index contributed by atoms with van der Waals surface area (Å²) in [6, 6.07) is 6.17. The molecule has 1 aliphatic rings. The quantitative estimate of drug-likeness (QED) is 0.764. The Kier molecular flexibility index (Phi) is 2.60. The van der Waals surface area contributed by atoms with Gasteiger partial charge in [0, 0.05) is 17.8 Å². The van der Waals surface area contributed by atoms with Crippen LogP contribution in [0.5, 0.6) is 0 Å². The van der Waals surface area contributed by atoms with Crippen molar-refractivity contribution in [3.05, 3.63) is 30.1 Å². The van der Waals surface area contributed by atoms with Crippen molar-refractivity contribution in [2.45, 2.75) is 25.2 Å². The molecule has 2 heteroatoms. The zero-order valence-electron chi connectivity index (χ0n) is 7.82. The largest absolute Gasteiger partial charge is 0.330 e. The summed E-state index contributed by atoms with van der Waals surface area (Å²) in [5, 5.41) is 0. The van der Waals surface area contributed by atoms with Gasteiger partial charge in [0.15, 0.2) is 0 Å². The molecule has 1 aromatic heterocycles. The van der Waals surface area contributed by atoms with Crippen LogP contribution in [0, 0.1) is 5.92 Å². The first-order valence-corrected chi connectivity index (χ1v) is 5.01. The molecule has 1 saturated carbocycles. The van der Waals surface area contributed by atoms with E-state index in [1.165, 1.54) is 25.0 Å². The van der Waals surface area contributed by atoms with Crippen LogP contribution in [0.4, 0.5) is 0 Å². The Morgan fingerprint density at radius 3 is 2.85 bits per heavy atom. The van der Waals surface area contributed by atoms with E-state index in [4.69, 9.17) is 5.73 Å². The molecule has 0 atom stereocenters. The lowest BCUT2D eigenvalue weighted by atomic mass is 9.71. The first kappa shape index (κ1) is 8.70. The molecule has 1 aliphatic carbocycles. The number of pyridine rings is 1. The van der Waals surface area contributed by atoms with Crippen LogP contribution in [0.25, 0.3) is 0 Å². The highest BCUT2D eigenvalue weighted by molar-refractivity contribution is 5.12. The first-order valence-electron chi connectivity index (χ1n) is 5.01. The Morgan fingerprint density at radius 1 is 1.38 bits per heavy atom. The molecule has 0 aliphatic heterocycles. The molecule has 0 amide bonds. The summed E-state index contributed by atoms with van der Waals surface area (Å²) in [7, 11) is 0. The molecule has 1 aromatic rings. The summed E-state index contributed by atoms with van der Waals surface area (Å²) < 4.78 is 0. The zero-order chi connectivity index (χ0) is 9.10. The Balaban J connectivity index is 1.87. The lowest BCUT2D eigenvalue weighted by Crippen LogP contribution is -2.24. The van der Waals surface area contributed by atoms with Crippen molar-refractivity contribution in [2.75, 3.05) is 6.54 Å². The Morgan fingerprint density at radius 2 is 2.23 bits per heavy atom. The van der Waals surface area contributed by atoms with Gasteiger partial charge in [0.25, 0.3) is 0 Å². The highest BCUT2D eigenvalue weighted by atomic mass is 14.7. The van der Waals surface area contributed by atoms with Crippen LogP contribution >= 0.6 is 0 Å². The van der Waals surface area contributed by atoms with E-state index in [9.17, 15) is 0 Å². The molecule has 0 radical (unpaired) electrons. The Bertz CT molecular complexity index is 252. The fourth-order valence-electron chi connectivity index (χ4n) is 2.07. The maximum absolute atomic E-state index is 5.51. The van der Waals surface area contributed by atoms with Crippen LogP contribution in [0.15, 0.2) is 24.4 Å². The Hall–Kier alpha value is -0.890. The minimum Gasteiger partial charge on any atom is -0.330 e. The van der Waals surface area contributed by atoms with Crippen molar-refractivity contribution >= 4 is 0 Å².